The number of rotatable bonds is 4. The third-order valence-electron chi connectivity index (χ3n) is 2.76. The van der Waals surface area contributed by atoms with Crippen LogP contribution in [0.25, 0.3) is 0 Å². The Kier molecular flexibility index (Phi) is 3.28. The molecule has 0 spiro atoms. The van der Waals surface area contributed by atoms with E-state index in [-0.39, 0.29) is 12.3 Å². The molecular formula is C10H15NO3. The van der Waals surface area contributed by atoms with Crippen molar-refractivity contribution in [2.75, 3.05) is 6.54 Å². The van der Waals surface area contributed by atoms with Crippen molar-refractivity contribution in [3.63, 3.8) is 0 Å². The molecule has 1 aliphatic carbocycles. The molecule has 0 aliphatic heterocycles. The number of Topliss-reactive ketones (excluding diaryl/α,β-unsaturated/α-hetero) is 1. The lowest BCUT2D eigenvalue weighted by Crippen LogP contribution is -2.39. The second-order valence-electron chi connectivity index (χ2n) is 3.71. The van der Waals surface area contributed by atoms with E-state index in [1.807, 2.05) is 0 Å². The first-order valence-corrected chi connectivity index (χ1v) is 4.72. The van der Waals surface area contributed by atoms with Crippen LogP contribution in [0.15, 0.2) is 12.7 Å². The van der Waals surface area contributed by atoms with E-state index in [0.717, 1.165) is 12.8 Å². The van der Waals surface area contributed by atoms with Crippen LogP contribution in [0, 0.1) is 5.41 Å². The molecule has 0 saturated heterocycles. The van der Waals surface area contributed by atoms with Gasteiger partial charge in [-0.15, -0.1) is 6.58 Å². The minimum atomic E-state index is -1.08. The maximum Gasteiger partial charge on any atom is 0.404 e. The Balaban J connectivity index is 2.66. The Hall–Kier alpha value is -1.32. The highest BCUT2D eigenvalue weighted by atomic mass is 16.4. The number of amides is 1. The molecule has 1 atom stereocenters. The van der Waals surface area contributed by atoms with E-state index in [2.05, 4.69) is 11.9 Å². The third-order valence-corrected chi connectivity index (χ3v) is 2.76. The van der Waals surface area contributed by atoms with Crippen molar-refractivity contribution in [3.8, 4) is 0 Å². The average Bonchev–Trinajstić information content (AvgIpc) is 2.46. The molecule has 2 N–H and O–H groups in total. The molecule has 0 bridgehead atoms. The third kappa shape index (κ3) is 2.13. The first kappa shape index (κ1) is 10.8. The average molecular weight is 197 g/mol. The Morgan fingerprint density at radius 2 is 2.43 bits per heavy atom. The number of carbonyl (C=O) groups excluding carboxylic acids is 1. The van der Waals surface area contributed by atoms with Crippen molar-refractivity contribution >= 4 is 11.9 Å². The number of hydrogen-bond acceptors (Lipinski definition) is 2. The van der Waals surface area contributed by atoms with E-state index < -0.39 is 11.5 Å². The number of ketones is 1. The normalized spacial score (nSPS) is 26.1. The first-order valence-electron chi connectivity index (χ1n) is 4.72. The van der Waals surface area contributed by atoms with Crippen molar-refractivity contribution in [1.82, 2.24) is 5.32 Å². The van der Waals surface area contributed by atoms with Gasteiger partial charge in [-0.1, -0.05) is 6.08 Å². The topological polar surface area (TPSA) is 66.4 Å². The number of carbonyl (C=O) groups is 2. The summed E-state index contributed by atoms with van der Waals surface area (Å²) in [4.78, 5) is 22.0. The number of nitrogens with one attached hydrogen (secondary N) is 1. The molecule has 0 aromatic heterocycles. The molecule has 0 heterocycles. The molecule has 0 radical (unpaired) electrons. The van der Waals surface area contributed by atoms with Gasteiger partial charge in [0.15, 0.2) is 0 Å². The summed E-state index contributed by atoms with van der Waals surface area (Å²) < 4.78 is 0. The standard InChI is InChI=1S/C10H15NO3/c1-2-5-10(7-11-9(13)14)6-3-4-8(10)12/h2,11H,1,3-7H2,(H,13,14)/t10-/m0/s1. The molecule has 1 aliphatic rings. The zero-order chi connectivity index (χ0) is 10.6. The fraction of sp³-hybridized carbons (Fsp3) is 0.600. The van der Waals surface area contributed by atoms with Gasteiger partial charge in [-0.2, -0.15) is 0 Å². The summed E-state index contributed by atoms with van der Waals surface area (Å²) in [5.74, 6) is 0.158. The molecule has 4 nitrogen and oxygen atoms in total. The van der Waals surface area contributed by atoms with Gasteiger partial charge in [-0.25, -0.2) is 4.79 Å². The number of allylic oxidation sites excluding steroid dienone is 1. The number of carboxylic acid groups (broad SMARTS) is 1. The van der Waals surface area contributed by atoms with Gasteiger partial charge in [-0.3, -0.25) is 4.79 Å². The fourth-order valence-corrected chi connectivity index (χ4v) is 1.99. The van der Waals surface area contributed by atoms with E-state index in [9.17, 15) is 9.59 Å². The molecule has 4 heteroatoms. The van der Waals surface area contributed by atoms with Crippen LogP contribution in [-0.2, 0) is 4.79 Å². The van der Waals surface area contributed by atoms with Crippen LogP contribution in [-0.4, -0.2) is 23.5 Å². The molecule has 0 unspecified atom stereocenters. The van der Waals surface area contributed by atoms with Gasteiger partial charge >= 0.3 is 6.09 Å². The lowest BCUT2D eigenvalue weighted by atomic mass is 9.82. The fourth-order valence-electron chi connectivity index (χ4n) is 1.99. The molecule has 0 aromatic carbocycles. The molecule has 78 valence electrons. The minimum absolute atomic E-state index is 0.158. The van der Waals surface area contributed by atoms with Crippen LogP contribution < -0.4 is 5.32 Å². The van der Waals surface area contributed by atoms with Gasteiger partial charge in [0.1, 0.15) is 5.78 Å². The van der Waals surface area contributed by atoms with E-state index in [4.69, 9.17) is 5.11 Å². The maximum absolute atomic E-state index is 11.6. The van der Waals surface area contributed by atoms with Gasteiger partial charge in [-0.05, 0) is 19.3 Å². The van der Waals surface area contributed by atoms with E-state index in [1.54, 1.807) is 6.08 Å². The van der Waals surface area contributed by atoms with Crippen LogP contribution in [0.5, 0.6) is 0 Å². The summed E-state index contributed by atoms with van der Waals surface area (Å²) in [5, 5.41) is 10.8. The lowest BCUT2D eigenvalue weighted by molar-refractivity contribution is -0.125. The second-order valence-corrected chi connectivity index (χ2v) is 3.71. The zero-order valence-electron chi connectivity index (χ0n) is 8.08. The second kappa shape index (κ2) is 4.26. The summed E-state index contributed by atoms with van der Waals surface area (Å²) in [7, 11) is 0. The summed E-state index contributed by atoms with van der Waals surface area (Å²) in [5.41, 5.74) is -0.514. The van der Waals surface area contributed by atoms with E-state index in [0.29, 0.717) is 12.8 Å². The van der Waals surface area contributed by atoms with Gasteiger partial charge in [0, 0.05) is 18.4 Å². The summed E-state index contributed by atoms with van der Waals surface area (Å²) in [6.07, 6.45) is 3.35. The van der Waals surface area contributed by atoms with Crippen LogP contribution in [0.3, 0.4) is 0 Å². The summed E-state index contributed by atoms with van der Waals surface area (Å²) in [6.45, 7) is 3.82. The highest BCUT2D eigenvalue weighted by molar-refractivity contribution is 5.87. The highest BCUT2D eigenvalue weighted by Crippen LogP contribution is 2.37. The Labute approximate surface area is 83.0 Å². The molecular weight excluding hydrogens is 182 g/mol. The smallest absolute Gasteiger partial charge is 0.404 e. The van der Waals surface area contributed by atoms with E-state index >= 15 is 0 Å². The van der Waals surface area contributed by atoms with Crippen molar-refractivity contribution in [2.24, 2.45) is 5.41 Å². The monoisotopic (exact) mass is 197 g/mol. The minimum Gasteiger partial charge on any atom is -0.465 e. The van der Waals surface area contributed by atoms with Crippen LogP contribution >= 0.6 is 0 Å². The molecule has 1 amide bonds. The molecule has 1 fully saturated rings. The first-order chi connectivity index (χ1) is 6.60. The van der Waals surface area contributed by atoms with Gasteiger partial charge in [0.25, 0.3) is 0 Å². The van der Waals surface area contributed by atoms with Crippen molar-refractivity contribution in [3.05, 3.63) is 12.7 Å². The summed E-state index contributed by atoms with van der Waals surface area (Å²) >= 11 is 0. The molecule has 1 rings (SSSR count). The number of hydrogen-bond donors (Lipinski definition) is 2. The van der Waals surface area contributed by atoms with Gasteiger partial charge in [0.05, 0.1) is 0 Å². The van der Waals surface area contributed by atoms with Crippen molar-refractivity contribution < 1.29 is 14.7 Å². The zero-order valence-corrected chi connectivity index (χ0v) is 8.08. The largest absolute Gasteiger partial charge is 0.465 e. The SMILES string of the molecule is C=CC[C@@]1(CNC(=O)O)CCCC1=O. The van der Waals surface area contributed by atoms with Crippen molar-refractivity contribution in [2.45, 2.75) is 25.7 Å². The maximum atomic E-state index is 11.6. The van der Waals surface area contributed by atoms with Crippen LogP contribution in [0.2, 0.25) is 0 Å². The van der Waals surface area contributed by atoms with Crippen molar-refractivity contribution in [1.29, 1.82) is 0 Å². The Morgan fingerprint density at radius 3 is 2.86 bits per heavy atom. The lowest BCUT2D eigenvalue weighted by Gasteiger charge is -2.25. The molecule has 14 heavy (non-hydrogen) atoms. The predicted molar refractivity (Wildman–Crippen MR) is 52.1 cm³/mol. The van der Waals surface area contributed by atoms with Gasteiger partial charge < -0.3 is 10.4 Å². The van der Waals surface area contributed by atoms with Crippen LogP contribution in [0.1, 0.15) is 25.7 Å². The molecule has 1 saturated carbocycles. The highest BCUT2D eigenvalue weighted by Gasteiger charge is 2.40. The van der Waals surface area contributed by atoms with E-state index in [1.165, 1.54) is 0 Å². The molecule has 0 aromatic rings. The van der Waals surface area contributed by atoms with Crippen LogP contribution in [0.4, 0.5) is 4.79 Å². The quantitative estimate of drug-likeness (QED) is 0.672. The Bertz CT molecular complexity index is 262. The summed E-state index contributed by atoms with van der Waals surface area (Å²) in [6, 6.07) is 0. The van der Waals surface area contributed by atoms with Gasteiger partial charge in [0.2, 0.25) is 0 Å². The predicted octanol–water partition coefficient (Wildman–Crippen LogP) is 1.57. The Morgan fingerprint density at radius 1 is 1.71 bits per heavy atom.